The molecule has 0 bridgehead atoms. The highest BCUT2D eigenvalue weighted by molar-refractivity contribution is 8.26. The molecule has 1 fully saturated rings. The molecule has 2 N–H and O–H groups in total. The Kier molecular flexibility index (Phi) is 6.15. The molecule has 1 aromatic heterocycles. The number of nitrogens with zero attached hydrogens (tertiary/aromatic N) is 2. The van der Waals surface area contributed by atoms with Crippen LogP contribution in [0.15, 0.2) is 34.6 Å². The second-order valence-electron chi connectivity index (χ2n) is 5.51. The van der Waals surface area contributed by atoms with E-state index in [4.69, 9.17) is 17.0 Å². The maximum atomic E-state index is 12.6. The summed E-state index contributed by atoms with van der Waals surface area (Å²) in [6, 6.07) is 5.81. The molecule has 9 nitrogen and oxygen atoms in total. The molecular weight excluding hydrogens is 438 g/mol. The SMILES string of the molecule is CCOc1cc(/C=C2\SC(=S)N(NC(=O)c3cccs3)C2=O)cc([N+](=O)[O-])c1O. The van der Waals surface area contributed by atoms with Gasteiger partial charge in [0.25, 0.3) is 11.8 Å². The Hall–Kier alpha value is -2.96. The summed E-state index contributed by atoms with van der Waals surface area (Å²) in [7, 11) is 0. The van der Waals surface area contributed by atoms with Gasteiger partial charge in [0.2, 0.25) is 5.75 Å². The van der Waals surface area contributed by atoms with E-state index in [-0.39, 0.29) is 27.1 Å². The number of thiocarbonyl (C=S) groups is 1. The number of carbonyl (C=O) groups excluding carboxylic acids is 2. The van der Waals surface area contributed by atoms with Crippen LogP contribution in [0.4, 0.5) is 5.69 Å². The number of phenols is 1. The number of rotatable bonds is 6. The molecule has 0 spiro atoms. The number of nitro benzene ring substituents is 1. The number of amides is 2. The van der Waals surface area contributed by atoms with Gasteiger partial charge in [-0.3, -0.25) is 25.1 Å². The number of hydrogen-bond donors (Lipinski definition) is 2. The van der Waals surface area contributed by atoms with Gasteiger partial charge in [0, 0.05) is 6.07 Å². The molecule has 1 saturated heterocycles. The molecule has 2 amide bonds. The summed E-state index contributed by atoms with van der Waals surface area (Å²) in [4.78, 5) is 35.8. The lowest BCUT2D eigenvalue weighted by molar-refractivity contribution is -0.386. The maximum Gasteiger partial charge on any atom is 0.315 e. The van der Waals surface area contributed by atoms with Crippen LogP contribution in [-0.2, 0) is 4.79 Å². The predicted octanol–water partition coefficient (Wildman–Crippen LogP) is 3.31. The highest BCUT2D eigenvalue weighted by Crippen LogP contribution is 2.39. The van der Waals surface area contributed by atoms with Crippen molar-refractivity contribution in [2.45, 2.75) is 6.92 Å². The van der Waals surface area contributed by atoms with Crippen molar-refractivity contribution in [1.82, 2.24) is 10.4 Å². The summed E-state index contributed by atoms with van der Waals surface area (Å²) in [6.07, 6.45) is 1.38. The zero-order chi connectivity index (χ0) is 21.1. The van der Waals surface area contributed by atoms with Crippen LogP contribution in [0.2, 0.25) is 0 Å². The van der Waals surface area contributed by atoms with Crippen molar-refractivity contribution < 1.29 is 24.4 Å². The van der Waals surface area contributed by atoms with Crippen LogP contribution in [-0.4, -0.2) is 37.8 Å². The summed E-state index contributed by atoms with van der Waals surface area (Å²) in [5, 5.41) is 23.8. The van der Waals surface area contributed by atoms with Crippen molar-refractivity contribution in [3.8, 4) is 11.5 Å². The number of phenolic OH excluding ortho intramolecular Hbond substituents is 1. The first-order chi connectivity index (χ1) is 13.8. The number of nitro groups is 1. The molecule has 2 heterocycles. The van der Waals surface area contributed by atoms with Crippen LogP contribution in [0.3, 0.4) is 0 Å². The summed E-state index contributed by atoms with van der Waals surface area (Å²) in [5.41, 5.74) is 2.16. The molecule has 1 aliphatic heterocycles. The van der Waals surface area contributed by atoms with Gasteiger partial charge >= 0.3 is 5.69 Å². The third-order valence-electron chi connectivity index (χ3n) is 3.62. The third kappa shape index (κ3) is 4.39. The second kappa shape index (κ2) is 8.59. The molecule has 0 unspecified atom stereocenters. The Balaban J connectivity index is 1.89. The van der Waals surface area contributed by atoms with Gasteiger partial charge in [-0.15, -0.1) is 11.3 Å². The van der Waals surface area contributed by atoms with Crippen LogP contribution >= 0.6 is 35.3 Å². The minimum Gasteiger partial charge on any atom is -0.500 e. The van der Waals surface area contributed by atoms with Crippen LogP contribution in [0.5, 0.6) is 11.5 Å². The van der Waals surface area contributed by atoms with E-state index >= 15 is 0 Å². The number of benzene rings is 1. The van der Waals surface area contributed by atoms with Gasteiger partial charge in [-0.25, -0.2) is 0 Å². The number of nitrogens with one attached hydrogen (secondary N) is 1. The minimum atomic E-state index is -0.748. The summed E-state index contributed by atoms with van der Waals surface area (Å²) in [5.74, 6) is -1.71. The number of thioether (sulfide) groups is 1. The van der Waals surface area contributed by atoms with E-state index in [1.807, 2.05) is 0 Å². The molecule has 0 saturated carbocycles. The molecule has 1 aliphatic rings. The molecular formula is C17H13N3O6S3. The average molecular weight is 452 g/mol. The van der Waals surface area contributed by atoms with Crippen LogP contribution in [0.25, 0.3) is 6.08 Å². The molecule has 29 heavy (non-hydrogen) atoms. The van der Waals surface area contributed by atoms with Gasteiger partial charge in [-0.05, 0) is 48.3 Å². The van der Waals surface area contributed by atoms with Gasteiger partial charge in [0.1, 0.15) is 0 Å². The van der Waals surface area contributed by atoms with E-state index < -0.39 is 28.2 Å². The Labute approximate surface area is 178 Å². The smallest absolute Gasteiger partial charge is 0.315 e. The molecule has 12 heteroatoms. The highest BCUT2D eigenvalue weighted by Gasteiger charge is 2.34. The quantitative estimate of drug-likeness (QED) is 0.297. The van der Waals surface area contributed by atoms with E-state index in [9.17, 15) is 24.8 Å². The zero-order valence-corrected chi connectivity index (χ0v) is 17.2. The van der Waals surface area contributed by atoms with E-state index in [2.05, 4.69) is 5.43 Å². The molecule has 3 rings (SSSR count). The number of hydrazine groups is 1. The number of carbonyl (C=O) groups is 2. The van der Waals surface area contributed by atoms with Crippen molar-refractivity contribution in [3.63, 3.8) is 0 Å². The van der Waals surface area contributed by atoms with Crippen molar-refractivity contribution in [2.75, 3.05) is 6.61 Å². The van der Waals surface area contributed by atoms with Crippen LogP contribution in [0, 0.1) is 10.1 Å². The lowest BCUT2D eigenvalue weighted by atomic mass is 10.1. The van der Waals surface area contributed by atoms with Crippen LogP contribution < -0.4 is 10.2 Å². The van der Waals surface area contributed by atoms with E-state index in [0.29, 0.717) is 4.88 Å². The Bertz CT molecular complexity index is 1040. The van der Waals surface area contributed by atoms with E-state index in [0.717, 1.165) is 22.8 Å². The fourth-order valence-electron chi connectivity index (χ4n) is 2.38. The Morgan fingerprint density at radius 1 is 1.48 bits per heavy atom. The molecule has 2 aromatic rings. The van der Waals surface area contributed by atoms with Crippen molar-refractivity contribution in [1.29, 1.82) is 0 Å². The average Bonchev–Trinajstić information content (AvgIpc) is 3.29. The van der Waals surface area contributed by atoms with Crippen molar-refractivity contribution in [2.24, 2.45) is 0 Å². The molecule has 150 valence electrons. The zero-order valence-electron chi connectivity index (χ0n) is 14.8. The van der Waals surface area contributed by atoms with Gasteiger partial charge in [0.05, 0.1) is 21.3 Å². The van der Waals surface area contributed by atoms with Gasteiger partial charge < -0.3 is 9.84 Å². The predicted molar refractivity (Wildman–Crippen MR) is 113 cm³/mol. The number of thiophene rings is 1. The molecule has 0 aliphatic carbocycles. The number of ether oxygens (including phenoxy) is 1. The standard InChI is InChI=1S/C17H13N3O6S3/c1-2-26-11-7-9(6-10(14(11)21)20(24)25)8-13-16(23)19(17(27)29-13)18-15(22)12-4-3-5-28-12/h3-8,21H,2H2,1H3,(H,18,22)/b13-8-. The third-order valence-corrected chi connectivity index (χ3v) is 5.79. The Morgan fingerprint density at radius 2 is 2.24 bits per heavy atom. The second-order valence-corrected chi connectivity index (χ2v) is 8.14. The fourth-order valence-corrected chi connectivity index (χ4v) is 4.17. The first-order valence-corrected chi connectivity index (χ1v) is 10.2. The molecule has 0 radical (unpaired) electrons. The highest BCUT2D eigenvalue weighted by atomic mass is 32.2. The lowest BCUT2D eigenvalue weighted by Crippen LogP contribution is -2.44. The maximum absolute atomic E-state index is 12.6. The fraction of sp³-hybridized carbons (Fsp3) is 0.118. The molecule has 1 aromatic carbocycles. The minimum absolute atomic E-state index is 0.0746. The van der Waals surface area contributed by atoms with Gasteiger partial charge in [-0.1, -0.05) is 17.8 Å². The van der Waals surface area contributed by atoms with Crippen molar-refractivity contribution >= 4 is 63.2 Å². The Morgan fingerprint density at radius 3 is 2.86 bits per heavy atom. The van der Waals surface area contributed by atoms with E-state index in [1.165, 1.54) is 23.5 Å². The van der Waals surface area contributed by atoms with Crippen molar-refractivity contribution in [3.05, 3.63) is 55.1 Å². The number of aromatic hydroxyl groups is 1. The van der Waals surface area contributed by atoms with Gasteiger partial charge in [-0.2, -0.15) is 5.01 Å². The van der Waals surface area contributed by atoms with E-state index in [1.54, 1.807) is 24.4 Å². The number of hydrogen-bond acceptors (Lipinski definition) is 9. The van der Waals surface area contributed by atoms with Crippen LogP contribution in [0.1, 0.15) is 22.2 Å². The summed E-state index contributed by atoms with van der Waals surface area (Å²) < 4.78 is 5.34. The normalized spacial score (nSPS) is 15.1. The first-order valence-electron chi connectivity index (χ1n) is 8.08. The monoisotopic (exact) mass is 451 g/mol. The molecule has 0 atom stereocenters. The van der Waals surface area contributed by atoms with Gasteiger partial charge in [0.15, 0.2) is 10.1 Å². The summed E-state index contributed by atoms with van der Waals surface area (Å²) >= 11 is 7.31. The lowest BCUT2D eigenvalue weighted by Gasteiger charge is -2.14. The topological polar surface area (TPSA) is 122 Å². The largest absolute Gasteiger partial charge is 0.500 e. The summed E-state index contributed by atoms with van der Waals surface area (Å²) in [6.45, 7) is 1.85. The first kappa shape index (κ1) is 20.8.